The van der Waals surface area contributed by atoms with Gasteiger partial charge in [-0.25, -0.2) is 0 Å². The molecule has 2 nitrogen and oxygen atoms in total. The zero-order valence-electron chi connectivity index (χ0n) is 10.6. The molecule has 0 aromatic carbocycles. The number of ether oxygens (including phenoxy) is 1. The number of hydrogen-bond donors (Lipinski definition) is 0. The predicted molar refractivity (Wildman–Crippen MR) is 66.4 cm³/mol. The normalized spacial score (nSPS) is 16.9. The molecule has 0 bridgehead atoms. The molecule has 0 amide bonds. The van der Waals surface area contributed by atoms with E-state index in [0.717, 1.165) is 12.8 Å². The van der Waals surface area contributed by atoms with Gasteiger partial charge in [-0.15, -0.1) is 0 Å². The van der Waals surface area contributed by atoms with Gasteiger partial charge in [-0.3, -0.25) is 4.79 Å². The van der Waals surface area contributed by atoms with Crippen LogP contribution in [0.3, 0.4) is 0 Å². The zero-order chi connectivity index (χ0) is 12.0. The average molecular weight is 222 g/mol. The second-order valence-corrected chi connectivity index (χ2v) is 4.49. The Balaban J connectivity index is 2.31. The molecule has 0 N–H and O–H groups in total. The number of allylic oxidation sites excluding steroid dienone is 2. The van der Waals surface area contributed by atoms with Crippen LogP contribution in [0.4, 0.5) is 0 Å². The molecule has 1 aliphatic rings. The van der Waals surface area contributed by atoms with Crippen molar-refractivity contribution in [3.05, 3.63) is 23.3 Å². The second-order valence-electron chi connectivity index (χ2n) is 4.49. The van der Waals surface area contributed by atoms with Crippen LogP contribution >= 0.6 is 0 Å². The van der Waals surface area contributed by atoms with Crippen LogP contribution in [-0.2, 0) is 9.53 Å². The van der Waals surface area contributed by atoms with E-state index in [1.165, 1.54) is 11.1 Å². The van der Waals surface area contributed by atoms with Gasteiger partial charge in [0.1, 0.15) is 6.61 Å². The molecule has 0 aromatic heterocycles. The molecule has 0 radical (unpaired) electrons. The molecule has 16 heavy (non-hydrogen) atoms. The molecule has 0 saturated carbocycles. The smallest absolute Gasteiger partial charge is 0.158 e. The number of carbonyl (C=O) groups excluding carboxylic acids is 1. The van der Waals surface area contributed by atoms with Crippen molar-refractivity contribution in [2.75, 3.05) is 13.2 Å². The van der Waals surface area contributed by atoms with Gasteiger partial charge in [0, 0.05) is 12.3 Å². The lowest BCUT2D eigenvalue weighted by molar-refractivity contribution is -0.123. The van der Waals surface area contributed by atoms with Crippen LogP contribution in [-0.4, -0.2) is 19.0 Å². The standard InChI is InChI=1S/C14H22O2/c1-4-6-13(15)9-16-10-14-11(2)7-5-8-12(14)3/h7-8,14H,4-6,9-10H2,1-3H3. The van der Waals surface area contributed by atoms with Gasteiger partial charge in [0.2, 0.25) is 0 Å². The highest BCUT2D eigenvalue weighted by Gasteiger charge is 2.16. The summed E-state index contributed by atoms with van der Waals surface area (Å²) in [5, 5.41) is 0. The third-order valence-corrected chi connectivity index (χ3v) is 3.06. The van der Waals surface area contributed by atoms with Crippen LogP contribution in [0, 0.1) is 5.92 Å². The van der Waals surface area contributed by atoms with E-state index in [-0.39, 0.29) is 12.4 Å². The molecule has 2 heteroatoms. The Labute approximate surface area is 98.4 Å². The van der Waals surface area contributed by atoms with Crippen molar-refractivity contribution in [1.29, 1.82) is 0 Å². The number of rotatable bonds is 6. The summed E-state index contributed by atoms with van der Waals surface area (Å²) >= 11 is 0. The van der Waals surface area contributed by atoms with Gasteiger partial charge < -0.3 is 4.74 Å². The molecule has 90 valence electrons. The molecule has 1 aliphatic carbocycles. The molecule has 0 saturated heterocycles. The maximum absolute atomic E-state index is 11.3. The molecule has 0 atom stereocenters. The summed E-state index contributed by atoms with van der Waals surface area (Å²) in [7, 11) is 0. The highest BCUT2D eigenvalue weighted by Crippen LogP contribution is 2.25. The molecule has 0 heterocycles. The quantitative estimate of drug-likeness (QED) is 0.645. The summed E-state index contributed by atoms with van der Waals surface area (Å²) in [4.78, 5) is 11.3. The first-order valence-corrected chi connectivity index (χ1v) is 6.08. The van der Waals surface area contributed by atoms with E-state index in [9.17, 15) is 4.79 Å². The molecular formula is C14H22O2. The fourth-order valence-electron chi connectivity index (χ4n) is 1.98. The number of carbonyl (C=O) groups is 1. The fourth-order valence-corrected chi connectivity index (χ4v) is 1.98. The summed E-state index contributed by atoms with van der Waals surface area (Å²) in [5.74, 6) is 0.588. The number of Topliss-reactive ketones (excluding diaryl/α,β-unsaturated/α-hetero) is 1. The largest absolute Gasteiger partial charge is 0.373 e. The topological polar surface area (TPSA) is 26.3 Å². The highest BCUT2D eigenvalue weighted by atomic mass is 16.5. The van der Waals surface area contributed by atoms with Crippen LogP contribution in [0.5, 0.6) is 0 Å². The highest BCUT2D eigenvalue weighted by molar-refractivity contribution is 5.79. The Morgan fingerprint density at radius 2 is 2.00 bits per heavy atom. The van der Waals surface area contributed by atoms with Crippen molar-refractivity contribution < 1.29 is 9.53 Å². The van der Waals surface area contributed by atoms with E-state index in [2.05, 4.69) is 26.0 Å². The molecule has 0 aliphatic heterocycles. The van der Waals surface area contributed by atoms with E-state index >= 15 is 0 Å². The summed E-state index contributed by atoms with van der Waals surface area (Å²) in [5.41, 5.74) is 2.73. The third-order valence-electron chi connectivity index (χ3n) is 3.06. The zero-order valence-corrected chi connectivity index (χ0v) is 10.6. The summed E-state index contributed by atoms with van der Waals surface area (Å²) in [6, 6.07) is 0. The first-order valence-electron chi connectivity index (χ1n) is 6.08. The maximum Gasteiger partial charge on any atom is 0.158 e. The molecule has 0 unspecified atom stereocenters. The Kier molecular flexibility index (Phi) is 5.47. The van der Waals surface area contributed by atoms with Crippen LogP contribution in [0.15, 0.2) is 23.3 Å². The first-order chi connectivity index (χ1) is 7.65. The van der Waals surface area contributed by atoms with Gasteiger partial charge >= 0.3 is 0 Å². The Morgan fingerprint density at radius 3 is 2.56 bits per heavy atom. The molecule has 0 fully saturated rings. The van der Waals surface area contributed by atoms with Crippen LogP contribution in [0.2, 0.25) is 0 Å². The minimum Gasteiger partial charge on any atom is -0.373 e. The summed E-state index contributed by atoms with van der Waals surface area (Å²) < 4.78 is 5.50. The van der Waals surface area contributed by atoms with Crippen LogP contribution < -0.4 is 0 Å². The minimum atomic E-state index is 0.210. The van der Waals surface area contributed by atoms with Gasteiger partial charge in [-0.2, -0.15) is 0 Å². The second kappa shape index (κ2) is 6.64. The van der Waals surface area contributed by atoms with Crippen molar-refractivity contribution in [3.8, 4) is 0 Å². The van der Waals surface area contributed by atoms with Crippen molar-refractivity contribution in [3.63, 3.8) is 0 Å². The minimum absolute atomic E-state index is 0.210. The van der Waals surface area contributed by atoms with Crippen molar-refractivity contribution >= 4 is 5.78 Å². The monoisotopic (exact) mass is 222 g/mol. The average Bonchev–Trinajstić information content (AvgIpc) is 2.23. The van der Waals surface area contributed by atoms with Crippen molar-refractivity contribution in [2.24, 2.45) is 5.92 Å². The van der Waals surface area contributed by atoms with E-state index in [4.69, 9.17) is 4.74 Å². The van der Waals surface area contributed by atoms with E-state index in [1.807, 2.05) is 6.92 Å². The molecule has 1 rings (SSSR count). The first kappa shape index (κ1) is 13.2. The number of ketones is 1. The fraction of sp³-hybridized carbons (Fsp3) is 0.643. The predicted octanol–water partition coefficient (Wildman–Crippen LogP) is 3.28. The maximum atomic E-state index is 11.3. The van der Waals surface area contributed by atoms with Gasteiger partial charge in [-0.1, -0.05) is 30.2 Å². The molecule has 0 aromatic rings. The van der Waals surface area contributed by atoms with Gasteiger partial charge in [0.05, 0.1) is 6.61 Å². The third kappa shape index (κ3) is 3.93. The molecular weight excluding hydrogens is 200 g/mol. The van der Waals surface area contributed by atoms with Gasteiger partial charge in [0.15, 0.2) is 5.78 Å². The van der Waals surface area contributed by atoms with Crippen LogP contribution in [0.1, 0.15) is 40.0 Å². The summed E-state index contributed by atoms with van der Waals surface area (Å²) in [6.07, 6.45) is 7.03. The van der Waals surface area contributed by atoms with Gasteiger partial charge in [0.25, 0.3) is 0 Å². The number of hydrogen-bond acceptors (Lipinski definition) is 2. The van der Waals surface area contributed by atoms with Crippen molar-refractivity contribution in [1.82, 2.24) is 0 Å². The Bertz CT molecular complexity index is 282. The van der Waals surface area contributed by atoms with E-state index in [0.29, 0.717) is 18.9 Å². The lowest BCUT2D eigenvalue weighted by Gasteiger charge is -2.22. The van der Waals surface area contributed by atoms with Crippen molar-refractivity contribution in [2.45, 2.75) is 40.0 Å². The lowest BCUT2D eigenvalue weighted by Crippen LogP contribution is -2.18. The van der Waals surface area contributed by atoms with Crippen LogP contribution in [0.25, 0.3) is 0 Å². The summed E-state index contributed by atoms with van der Waals surface area (Å²) in [6.45, 7) is 7.20. The molecule has 0 spiro atoms. The lowest BCUT2D eigenvalue weighted by atomic mass is 9.88. The van der Waals surface area contributed by atoms with E-state index in [1.54, 1.807) is 0 Å². The van der Waals surface area contributed by atoms with E-state index < -0.39 is 0 Å². The SMILES string of the molecule is CCCC(=O)COCC1C(C)=CCC=C1C. The van der Waals surface area contributed by atoms with Gasteiger partial charge in [-0.05, 0) is 26.7 Å². The Morgan fingerprint density at radius 1 is 1.38 bits per heavy atom. The Hall–Kier alpha value is -0.890.